The molecule has 0 fully saturated rings. The SMILES string of the molecule is CSCC[C@@H](NC(=O)CCc1ccc(N)cc1)C(=O)O. The summed E-state index contributed by atoms with van der Waals surface area (Å²) >= 11 is 1.56. The number of benzene rings is 1. The van der Waals surface area contributed by atoms with E-state index in [2.05, 4.69) is 5.32 Å². The van der Waals surface area contributed by atoms with Crippen molar-refractivity contribution < 1.29 is 14.7 Å². The Hall–Kier alpha value is -1.69. The van der Waals surface area contributed by atoms with E-state index < -0.39 is 12.0 Å². The van der Waals surface area contributed by atoms with Crippen molar-refractivity contribution in [1.29, 1.82) is 0 Å². The molecule has 1 rings (SSSR count). The third-order valence-corrected chi connectivity index (χ3v) is 3.51. The molecule has 1 aromatic carbocycles. The number of thioether (sulfide) groups is 1. The molecule has 20 heavy (non-hydrogen) atoms. The van der Waals surface area contributed by atoms with E-state index in [0.29, 0.717) is 24.3 Å². The number of anilines is 1. The fraction of sp³-hybridized carbons (Fsp3) is 0.429. The predicted octanol–water partition coefficient (Wildman–Crippen LogP) is 1.52. The fourth-order valence-corrected chi connectivity index (χ4v) is 2.17. The van der Waals surface area contributed by atoms with Gasteiger partial charge < -0.3 is 16.2 Å². The number of carbonyl (C=O) groups is 2. The molecule has 0 aliphatic rings. The lowest BCUT2D eigenvalue weighted by Gasteiger charge is -2.13. The zero-order chi connectivity index (χ0) is 15.0. The molecule has 5 nitrogen and oxygen atoms in total. The van der Waals surface area contributed by atoms with Crippen LogP contribution in [0.2, 0.25) is 0 Å². The molecule has 0 spiro atoms. The van der Waals surface area contributed by atoms with E-state index in [9.17, 15) is 9.59 Å². The first-order chi connectivity index (χ1) is 9.52. The molecule has 0 saturated heterocycles. The maximum absolute atomic E-state index is 11.8. The van der Waals surface area contributed by atoms with Crippen LogP contribution >= 0.6 is 11.8 Å². The van der Waals surface area contributed by atoms with Crippen molar-refractivity contribution in [2.24, 2.45) is 0 Å². The lowest BCUT2D eigenvalue weighted by molar-refractivity contribution is -0.141. The van der Waals surface area contributed by atoms with Crippen LogP contribution in [0.4, 0.5) is 5.69 Å². The van der Waals surface area contributed by atoms with E-state index in [1.54, 1.807) is 23.9 Å². The summed E-state index contributed by atoms with van der Waals surface area (Å²) in [6, 6.07) is 6.49. The Morgan fingerprint density at radius 2 is 2.00 bits per heavy atom. The molecule has 0 heterocycles. The number of carboxylic acid groups (broad SMARTS) is 1. The van der Waals surface area contributed by atoms with Gasteiger partial charge in [-0.2, -0.15) is 11.8 Å². The number of aryl methyl sites for hydroxylation is 1. The second-order valence-electron chi connectivity index (χ2n) is 4.48. The molecule has 1 aromatic rings. The molecule has 0 aliphatic heterocycles. The average Bonchev–Trinajstić information content (AvgIpc) is 2.42. The van der Waals surface area contributed by atoms with Crippen molar-refractivity contribution >= 4 is 29.3 Å². The molecule has 0 bridgehead atoms. The minimum absolute atomic E-state index is 0.240. The Morgan fingerprint density at radius 3 is 2.55 bits per heavy atom. The normalized spacial score (nSPS) is 11.8. The number of amides is 1. The molecule has 0 radical (unpaired) electrons. The zero-order valence-electron chi connectivity index (χ0n) is 11.5. The van der Waals surface area contributed by atoms with Gasteiger partial charge in [-0.1, -0.05) is 12.1 Å². The van der Waals surface area contributed by atoms with Gasteiger partial charge in [0.15, 0.2) is 0 Å². The highest BCUT2D eigenvalue weighted by Gasteiger charge is 2.18. The molecule has 4 N–H and O–H groups in total. The van der Waals surface area contributed by atoms with Crippen molar-refractivity contribution in [1.82, 2.24) is 5.32 Å². The van der Waals surface area contributed by atoms with Gasteiger partial charge >= 0.3 is 5.97 Å². The van der Waals surface area contributed by atoms with Gasteiger partial charge in [0.1, 0.15) is 6.04 Å². The Labute approximate surface area is 122 Å². The Balaban J connectivity index is 2.41. The van der Waals surface area contributed by atoms with Gasteiger partial charge in [-0.15, -0.1) is 0 Å². The van der Waals surface area contributed by atoms with Gasteiger partial charge in [0.05, 0.1) is 0 Å². The number of rotatable bonds is 8. The highest BCUT2D eigenvalue weighted by molar-refractivity contribution is 7.98. The molecule has 0 saturated carbocycles. The molecular weight excluding hydrogens is 276 g/mol. The second-order valence-corrected chi connectivity index (χ2v) is 5.47. The number of nitrogen functional groups attached to an aromatic ring is 1. The van der Waals surface area contributed by atoms with Crippen molar-refractivity contribution in [3.8, 4) is 0 Å². The third kappa shape index (κ3) is 5.97. The zero-order valence-corrected chi connectivity index (χ0v) is 12.3. The predicted molar refractivity (Wildman–Crippen MR) is 81.7 cm³/mol. The summed E-state index contributed by atoms with van der Waals surface area (Å²) in [5, 5.41) is 11.6. The first kappa shape index (κ1) is 16.4. The second kappa shape index (κ2) is 8.47. The van der Waals surface area contributed by atoms with Crippen LogP contribution in [-0.4, -0.2) is 35.0 Å². The van der Waals surface area contributed by atoms with E-state index in [1.165, 1.54) is 0 Å². The summed E-state index contributed by atoms with van der Waals surface area (Å²) in [5.41, 5.74) is 7.27. The van der Waals surface area contributed by atoms with Crippen molar-refractivity contribution in [3.05, 3.63) is 29.8 Å². The maximum Gasteiger partial charge on any atom is 0.326 e. The standard InChI is InChI=1S/C14H20N2O3S/c1-20-9-8-12(14(18)19)16-13(17)7-4-10-2-5-11(15)6-3-10/h2-3,5-6,12H,4,7-9,15H2,1H3,(H,16,17)(H,18,19)/t12-/m1/s1. The third-order valence-electron chi connectivity index (χ3n) is 2.86. The minimum atomic E-state index is -0.986. The first-order valence-corrected chi connectivity index (χ1v) is 7.78. The number of hydrogen-bond acceptors (Lipinski definition) is 4. The summed E-state index contributed by atoms with van der Waals surface area (Å²) in [6.45, 7) is 0. The summed E-state index contributed by atoms with van der Waals surface area (Å²) in [6.07, 6.45) is 3.18. The number of carbonyl (C=O) groups excluding carboxylic acids is 1. The maximum atomic E-state index is 11.8. The van der Waals surface area contributed by atoms with Crippen LogP contribution < -0.4 is 11.1 Å². The van der Waals surface area contributed by atoms with Gasteiger partial charge in [0.25, 0.3) is 0 Å². The van der Waals surface area contributed by atoms with E-state index in [1.807, 2.05) is 18.4 Å². The highest BCUT2D eigenvalue weighted by atomic mass is 32.2. The number of aliphatic carboxylic acids is 1. The topological polar surface area (TPSA) is 92.4 Å². The largest absolute Gasteiger partial charge is 0.480 e. The van der Waals surface area contributed by atoms with Crippen LogP contribution in [0.15, 0.2) is 24.3 Å². The molecule has 0 aromatic heterocycles. The van der Waals surface area contributed by atoms with Crippen LogP contribution in [0.5, 0.6) is 0 Å². The molecule has 0 aliphatic carbocycles. The van der Waals surface area contributed by atoms with Crippen molar-refractivity contribution in [3.63, 3.8) is 0 Å². The molecule has 110 valence electrons. The number of carboxylic acids is 1. The van der Waals surface area contributed by atoms with Gasteiger partial charge in [0, 0.05) is 12.1 Å². The Morgan fingerprint density at radius 1 is 1.35 bits per heavy atom. The first-order valence-electron chi connectivity index (χ1n) is 6.38. The van der Waals surface area contributed by atoms with Crippen LogP contribution in [-0.2, 0) is 16.0 Å². The highest BCUT2D eigenvalue weighted by Crippen LogP contribution is 2.08. The summed E-state index contributed by atoms with van der Waals surface area (Å²) in [7, 11) is 0. The fourth-order valence-electron chi connectivity index (χ4n) is 1.70. The van der Waals surface area contributed by atoms with E-state index in [-0.39, 0.29) is 12.3 Å². The minimum Gasteiger partial charge on any atom is -0.480 e. The number of nitrogens with two attached hydrogens (primary N) is 1. The van der Waals surface area contributed by atoms with Crippen LogP contribution in [0, 0.1) is 0 Å². The smallest absolute Gasteiger partial charge is 0.326 e. The van der Waals surface area contributed by atoms with Gasteiger partial charge in [-0.05, 0) is 42.5 Å². The van der Waals surface area contributed by atoms with Gasteiger partial charge in [-0.25, -0.2) is 4.79 Å². The average molecular weight is 296 g/mol. The monoisotopic (exact) mass is 296 g/mol. The lowest BCUT2D eigenvalue weighted by Crippen LogP contribution is -2.41. The quantitative estimate of drug-likeness (QED) is 0.633. The van der Waals surface area contributed by atoms with Crippen molar-refractivity contribution in [2.45, 2.75) is 25.3 Å². The lowest BCUT2D eigenvalue weighted by atomic mass is 10.1. The van der Waals surface area contributed by atoms with Gasteiger partial charge in [0.2, 0.25) is 5.91 Å². The molecular formula is C14H20N2O3S. The molecule has 1 amide bonds. The number of hydrogen-bond donors (Lipinski definition) is 3. The molecule has 1 atom stereocenters. The van der Waals surface area contributed by atoms with E-state index in [0.717, 1.165) is 5.56 Å². The van der Waals surface area contributed by atoms with Crippen molar-refractivity contribution in [2.75, 3.05) is 17.7 Å². The van der Waals surface area contributed by atoms with Gasteiger partial charge in [-0.3, -0.25) is 4.79 Å². The molecule has 0 unspecified atom stereocenters. The number of nitrogens with one attached hydrogen (secondary N) is 1. The van der Waals surface area contributed by atoms with E-state index >= 15 is 0 Å². The Kier molecular flexibility index (Phi) is 6.93. The Bertz CT molecular complexity index is 448. The summed E-state index contributed by atoms with van der Waals surface area (Å²) in [4.78, 5) is 22.8. The van der Waals surface area contributed by atoms with E-state index in [4.69, 9.17) is 10.8 Å². The summed E-state index contributed by atoms with van der Waals surface area (Å²) in [5.74, 6) is -0.523. The molecule has 6 heteroatoms. The van der Waals surface area contributed by atoms with Crippen LogP contribution in [0.3, 0.4) is 0 Å². The van der Waals surface area contributed by atoms with Crippen LogP contribution in [0.1, 0.15) is 18.4 Å². The van der Waals surface area contributed by atoms with Crippen LogP contribution in [0.25, 0.3) is 0 Å². The summed E-state index contributed by atoms with van der Waals surface area (Å²) < 4.78 is 0.